The van der Waals surface area contributed by atoms with Gasteiger partial charge >= 0.3 is 5.97 Å². The van der Waals surface area contributed by atoms with Crippen molar-refractivity contribution in [2.24, 2.45) is 5.92 Å². The average molecular weight is 350 g/mol. The van der Waals surface area contributed by atoms with Crippen molar-refractivity contribution >= 4 is 16.0 Å². The van der Waals surface area contributed by atoms with Crippen LogP contribution in [0.2, 0.25) is 0 Å². The predicted molar refractivity (Wildman–Crippen MR) is 95.0 cm³/mol. The lowest BCUT2D eigenvalue weighted by Gasteiger charge is -2.17. The highest BCUT2D eigenvalue weighted by molar-refractivity contribution is 7.89. The first-order chi connectivity index (χ1) is 10.8. The largest absolute Gasteiger partial charge is 0.480 e. The average Bonchev–Trinajstić information content (AvgIpc) is 2.46. The second kappa shape index (κ2) is 12.8. The topological polar surface area (TPSA) is 83.5 Å². The molecule has 0 aliphatic carbocycles. The molecule has 0 aromatic rings. The van der Waals surface area contributed by atoms with E-state index in [0.717, 1.165) is 19.3 Å². The SMILES string of the molecule is CCCCCCCCCCCCS(=O)(=O)NC(C(=O)O)C(C)C. The zero-order valence-electron chi connectivity index (χ0n) is 15.0. The van der Waals surface area contributed by atoms with Gasteiger partial charge in [-0.1, -0.05) is 78.6 Å². The Morgan fingerprint density at radius 2 is 1.35 bits per heavy atom. The Kier molecular flexibility index (Phi) is 12.4. The first-order valence-corrected chi connectivity index (χ1v) is 10.7. The first-order valence-electron chi connectivity index (χ1n) is 9.03. The van der Waals surface area contributed by atoms with Gasteiger partial charge in [0.1, 0.15) is 6.04 Å². The Hall–Kier alpha value is -0.620. The third-order valence-electron chi connectivity index (χ3n) is 4.01. The molecule has 0 amide bonds. The molecule has 0 radical (unpaired) electrons. The monoisotopic (exact) mass is 349 g/mol. The molecule has 0 saturated carbocycles. The van der Waals surface area contributed by atoms with E-state index in [0.29, 0.717) is 6.42 Å². The van der Waals surface area contributed by atoms with E-state index in [2.05, 4.69) is 11.6 Å². The van der Waals surface area contributed by atoms with Crippen LogP contribution in [0.3, 0.4) is 0 Å². The van der Waals surface area contributed by atoms with Crippen LogP contribution in [0.15, 0.2) is 0 Å². The van der Waals surface area contributed by atoms with Gasteiger partial charge in [-0.3, -0.25) is 4.79 Å². The molecular formula is C17H35NO4S. The minimum atomic E-state index is -3.51. The maximum atomic E-state index is 11.9. The predicted octanol–water partition coefficient (Wildman–Crippen LogP) is 3.94. The van der Waals surface area contributed by atoms with Gasteiger partial charge < -0.3 is 5.11 Å². The maximum Gasteiger partial charge on any atom is 0.321 e. The lowest BCUT2D eigenvalue weighted by molar-refractivity contribution is -0.140. The number of rotatable bonds is 15. The van der Waals surface area contributed by atoms with Crippen LogP contribution in [0, 0.1) is 5.92 Å². The fourth-order valence-electron chi connectivity index (χ4n) is 2.50. The second-order valence-corrected chi connectivity index (χ2v) is 8.55. The van der Waals surface area contributed by atoms with Crippen LogP contribution in [-0.2, 0) is 14.8 Å². The van der Waals surface area contributed by atoms with E-state index in [1.165, 1.54) is 38.5 Å². The first kappa shape index (κ1) is 22.4. The highest BCUT2D eigenvalue weighted by Gasteiger charge is 2.26. The Bertz CT molecular complexity index is 407. The molecule has 0 aromatic heterocycles. The molecule has 138 valence electrons. The summed E-state index contributed by atoms with van der Waals surface area (Å²) in [5.41, 5.74) is 0. The van der Waals surface area contributed by atoms with Crippen LogP contribution >= 0.6 is 0 Å². The van der Waals surface area contributed by atoms with E-state index in [-0.39, 0.29) is 11.7 Å². The molecule has 0 rings (SSSR count). The third-order valence-corrected chi connectivity index (χ3v) is 5.45. The Labute approximate surface area is 142 Å². The standard InChI is InChI=1S/C17H35NO4S/c1-4-5-6-7-8-9-10-11-12-13-14-23(21,22)18-16(15(2)3)17(19)20/h15-16,18H,4-14H2,1-3H3,(H,19,20). The minimum Gasteiger partial charge on any atom is -0.480 e. The lowest BCUT2D eigenvalue weighted by atomic mass is 10.1. The van der Waals surface area contributed by atoms with Crippen LogP contribution < -0.4 is 4.72 Å². The summed E-state index contributed by atoms with van der Waals surface area (Å²) in [7, 11) is -3.51. The van der Waals surface area contributed by atoms with Gasteiger partial charge in [0.25, 0.3) is 0 Å². The molecule has 0 aliphatic rings. The number of nitrogens with one attached hydrogen (secondary N) is 1. The number of carbonyl (C=O) groups is 1. The van der Waals surface area contributed by atoms with Crippen LogP contribution in [0.25, 0.3) is 0 Å². The smallest absolute Gasteiger partial charge is 0.321 e. The van der Waals surface area contributed by atoms with Crippen molar-refractivity contribution < 1.29 is 18.3 Å². The number of aliphatic carboxylic acids is 1. The number of carboxylic acid groups (broad SMARTS) is 1. The lowest BCUT2D eigenvalue weighted by Crippen LogP contribution is -2.45. The Morgan fingerprint density at radius 3 is 1.74 bits per heavy atom. The zero-order valence-corrected chi connectivity index (χ0v) is 15.8. The summed E-state index contributed by atoms with van der Waals surface area (Å²) in [6.07, 6.45) is 11.4. The van der Waals surface area contributed by atoms with E-state index < -0.39 is 22.0 Å². The molecule has 5 nitrogen and oxygen atoms in total. The molecule has 0 aromatic carbocycles. The molecule has 23 heavy (non-hydrogen) atoms. The van der Waals surface area contributed by atoms with Crippen LogP contribution in [-0.4, -0.2) is 31.3 Å². The molecule has 0 spiro atoms. The minimum absolute atomic E-state index is 0.0139. The van der Waals surface area contributed by atoms with Crippen molar-refractivity contribution in [3.05, 3.63) is 0 Å². The summed E-state index contributed by atoms with van der Waals surface area (Å²) >= 11 is 0. The molecule has 2 N–H and O–H groups in total. The van der Waals surface area contributed by atoms with E-state index in [1.807, 2.05) is 0 Å². The van der Waals surface area contributed by atoms with Crippen LogP contribution in [0.4, 0.5) is 0 Å². The fraction of sp³-hybridized carbons (Fsp3) is 0.941. The van der Waals surface area contributed by atoms with Gasteiger partial charge in [0, 0.05) is 0 Å². The quantitative estimate of drug-likeness (QED) is 0.439. The molecule has 1 unspecified atom stereocenters. The normalized spacial score (nSPS) is 13.4. The van der Waals surface area contributed by atoms with E-state index in [4.69, 9.17) is 5.11 Å². The molecular weight excluding hydrogens is 314 g/mol. The van der Waals surface area contributed by atoms with Crippen molar-refractivity contribution in [1.82, 2.24) is 4.72 Å². The van der Waals surface area contributed by atoms with Gasteiger partial charge in [-0.2, -0.15) is 0 Å². The molecule has 0 heterocycles. The van der Waals surface area contributed by atoms with E-state index in [1.54, 1.807) is 13.8 Å². The van der Waals surface area contributed by atoms with Gasteiger partial charge in [0.05, 0.1) is 5.75 Å². The number of hydrogen-bond donors (Lipinski definition) is 2. The molecule has 0 aliphatic heterocycles. The highest BCUT2D eigenvalue weighted by atomic mass is 32.2. The maximum absolute atomic E-state index is 11.9. The fourth-order valence-corrected chi connectivity index (χ4v) is 3.97. The van der Waals surface area contributed by atoms with Crippen LogP contribution in [0.5, 0.6) is 0 Å². The van der Waals surface area contributed by atoms with Gasteiger partial charge in [-0.05, 0) is 12.3 Å². The number of carboxylic acids is 1. The summed E-state index contributed by atoms with van der Waals surface area (Å²) < 4.78 is 26.1. The Balaban J connectivity index is 3.76. The molecule has 1 atom stereocenters. The summed E-state index contributed by atoms with van der Waals surface area (Å²) in [5, 5.41) is 9.03. The van der Waals surface area contributed by atoms with Gasteiger partial charge in [0.15, 0.2) is 0 Å². The molecule has 6 heteroatoms. The third kappa shape index (κ3) is 12.5. The van der Waals surface area contributed by atoms with Crippen LogP contribution in [0.1, 0.15) is 85.0 Å². The van der Waals surface area contributed by atoms with Crippen molar-refractivity contribution in [3.8, 4) is 0 Å². The van der Waals surface area contributed by atoms with Crippen molar-refractivity contribution in [2.75, 3.05) is 5.75 Å². The van der Waals surface area contributed by atoms with Gasteiger partial charge in [0.2, 0.25) is 10.0 Å². The van der Waals surface area contributed by atoms with Crippen molar-refractivity contribution in [1.29, 1.82) is 0 Å². The Morgan fingerprint density at radius 1 is 0.913 bits per heavy atom. The second-order valence-electron chi connectivity index (χ2n) is 6.68. The number of sulfonamides is 1. The van der Waals surface area contributed by atoms with Gasteiger partial charge in [-0.25, -0.2) is 13.1 Å². The van der Waals surface area contributed by atoms with E-state index >= 15 is 0 Å². The molecule has 0 fully saturated rings. The summed E-state index contributed by atoms with van der Waals surface area (Å²) in [5.74, 6) is -1.37. The summed E-state index contributed by atoms with van der Waals surface area (Å²) in [4.78, 5) is 11.0. The van der Waals surface area contributed by atoms with E-state index in [9.17, 15) is 13.2 Å². The number of hydrogen-bond acceptors (Lipinski definition) is 3. The summed E-state index contributed by atoms with van der Waals surface area (Å²) in [6, 6.07) is -1.04. The van der Waals surface area contributed by atoms with Gasteiger partial charge in [-0.15, -0.1) is 0 Å². The highest BCUT2D eigenvalue weighted by Crippen LogP contribution is 2.11. The summed E-state index contributed by atoms with van der Waals surface area (Å²) in [6.45, 7) is 5.60. The molecule has 0 bridgehead atoms. The van der Waals surface area contributed by atoms with Crippen molar-refractivity contribution in [3.63, 3.8) is 0 Å². The zero-order chi connectivity index (χ0) is 17.7. The number of unbranched alkanes of at least 4 members (excludes halogenated alkanes) is 9. The van der Waals surface area contributed by atoms with Crippen molar-refractivity contribution in [2.45, 2.75) is 91.0 Å². The molecule has 0 saturated heterocycles.